The molecular weight excluding hydrogens is 460 g/mol. The normalized spacial score (nSPS) is 18.7. The maximum absolute atomic E-state index is 13.2. The second-order valence-corrected chi connectivity index (χ2v) is 9.43. The van der Waals surface area contributed by atoms with Crippen molar-refractivity contribution in [1.82, 2.24) is 4.90 Å². The number of likely N-dealkylation sites (tertiary alicyclic amines) is 1. The van der Waals surface area contributed by atoms with Crippen LogP contribution in [0.15, 0.2) is 48.0 Å². The lowest BCUT2D eigenvalue weighted by molar-refractivity contribution is -0.858. The van der Waals surface area contributed by atoms with Gasteiger partial charge in [0.1, 0.15) is 24.7 Å². The highest BCUT2D eigenvalue weighted by atomic mass is 16.6. The van der Waals surface area contributed by atoms with Crippen molar-refractivity contribution in [2.45, 2.75) is 32.2 Å². The molecule has 0 aromatic heterocycles. The molecule has 1 atom stereocenters. The second kappa shape index (κ2) is 11.5. The van der Waals surface area contributed by atoms with Gasteiger partial charge in [-0.25, -0.2) is 0 Å². The third-order valence-electron chi connectivity index (χ3n) is 6.39. The monoisotopic (exact) mass is 495 g/mol. The van der Waals surface area contributed by atoms with Crippen molar-refractivity contribution < 1.29 is 33.8 Å². The van der Waals surface area contributed by atoms with E-state index in [9.17, 15) is 14.7 Å². The molecule has 0 radical (unpaired) electrons. The van der Waals surface area contributed by atoms with Crippen molar-refractivity contribution in [2.75, 3.05) is 47.0 Å². The fraction of sp³-hybridized carbons (Fsp3) is 0.429. The highest BCUT2D eigenvalue weighted by Gasteiger charge is 2.46. The lowest BCUT2D eigenvalue weighted by Gasteiger charge is -2.26. The first-order valence-corrected chi connectivity index (χ1v) is 12.6. The number of ketones is 1. The van der Waals surface area contributed by atoms with Crippen LogP contribution in [-0.4, -0.2) is 68.7 Å². The van der Waals surface area contributed by atoms with E-state index in [0.29, 0.717) is 43.4 Å². The fourth-order valence-electron chi connectivity index (χ4n) is 4.49. The number of carbonyl (C=O) groups is 2. The van der Waals surface area contributed by atoms with Gasteiger partial charge in [0.15, 0.2) is 11.5 Å². The molecule has 1 saturated heterocycles. The standard InChI is InChI=1S/C28H34N2O6/c1-4-5-15-34-21-10-7-19(8-11-21)25-24(27(32)28(33)30(25)14-6-13-29(2)3)26(31)20-9-12-22-23(18-20)36-17-16-35-22/h7-12,18,25,31H,4-6,13-17H2,1-3H3/p+1/t25-/m0/s1. The van der Waals surface area contributed by atoms with E-state index in [1.807, 2.05) is 38.4 Å². The highest BCUT2D eigenvalue weighted by molar-refractivity contribution is 6.46. The zero-order valence-corrected chi connectivity index (χ0v) is 21.2. The molecule has 0 aliphatic carbocycles. The Hall–Kier alpha value is -3.52. The molecule has 2 aromatic rings. The lowest BCUT2D eigenvalue weighted by atomic mass is 9.95. The third kappa shape index (κ3) is 5.49. The molecule has 0 bridgehead atoms. The van der Waals surface area contributed by atoms with Crippen molar-refractivity contribution in [3.8, 4) is 17.2 Å². The van der Waals surface area contributed by atoms with Crippen LogP contribution < -0.4 is 19.1 Å². The van der Waals surface area contributed by atoms with E-state index in [2.05, 4.69) is 6.92 Å². The molecule has 36 heavy (non-hydrogen) atoms. The largest absolute Gasteiger partial charge is 0.507 e. The van der Waals surface area contributed by atoms with E-state index in [1.54, 1.807) is 23.1 Å². The summed E-state index contributed by atoms with van der Waals surface area (Å²) in [6.45, 7) is 4.86. The number of aliphatic hydroxyl groups excluding tert-OH is 1. The van der Waals surface area contributed by atoms with Crippen LogP contribution >= 0.6 is 0 Å². The van der Waals surface area contributed by atoms with Crippen LogP contribution in [0.3, 0.4) is 0 Å². The number of unbranched alkanes of at least 4 members (excludes halogenated alkanes) is 1. The van der Waals surface area contributed by atoms with Gasteiger partial charge in [0.2, 0.25) is 0 Å². The van der Waals surface area contributed by atoms with Crippen molar-refractivity contribution in [2.24, 2.45) is 0 Å². The van der Waals surface area contributed by atoms with Gasteiger partial charge in [-0.3, -0.25) is 9.59 Å². The molecule has 0 unspecified atom stereocenters. The quantitative estimate of drug-likeness (QED) is 0.228. The number of amides is 1. The number of Topliss-reactive ketones (excluding diaryl/α,β-unsaturated/α-hetero) is 1. The minimum atomic E-state index is -0.694. The number of benzene rings is 2. The predicted octanol–water partition coefficient (Wildman–Crippen LogP) is 2.59. The molecule has 2 N–H and O–H groups in total. The Labute approximate surface area is 212 Å². The van der Waals surface area contributed by atoms with Gasteiger partial charge in [-0.15, -0.1) is 0 Å². The van der Waals surface area contributed by atoms with Crippen LogP contribution in [0.5, 0.6) is 17.2 Å². The average Bonchev–Trinajstić information content (AvgIpc) is 3.13. The van der Waals surface area contributed by atoms with Crippen LogP contribution in [0.4, 0.5) is 0 Å². The Bertz CT molecular complexity index is 1130. The first-order valence-electron chi connectivity index (χ1n) is 12.6. The molecule has 2 aromatic carbocycles. The van der Waals surface area contributed by atoms with Crippen LogP contribution in [0.25, 0.3) is 5.76 Å². The maximum Gasteiger partial charge on any atom is 0.295 e. The minimum absolute atomic E-state index is 0.0773. The molecule has 2 aliphatic heterocycles. The minimum Gasteiger partial charge on any atom is -0.507 e. The summed E-state index contributed by atoms with van der Waals surface area (Å²) in [5.74, 6) is 0.300. The molecule has 0 saturated carbocycles. The Morgan fingerprint density at radius 2 is 1.78 bits per heavy atom. The van der Waals surface area contributed by atoms with Crippen LogP contribution in [0.1, 0.15) is 43.4 Å². The SMILES string of the molecule is CCCCOc1ccc([C@H]2C(=C(O)c3ccc4c(c3)OCCO4)C(=O)C(=O)N2CCC[NH+](C)C)cc1. The predicted molar refractivity (Wildman–Crippen MR) is 136 cm³/mol. The molecule has 2 aliphatic rings. The number of aliphatic hydroxyl groups is 1. The molecular formula is C28H35N2O6+. The highest BCUT2D eigenvalue weighted by Crippen LogP contribution is 2.41. The van der Waals surface area contributed by atoms with Gasteiger partial charge in [0.05, 0.1) is 38.9 Å². The van der Waals surface area contributed by atoms with Crippen LogP contribution in [0, 0.1) is 0 Å². The van der Waals surface area contributed by atoms with Gasteiger partial charge in [-0.1, -0.05) is 25.5 Å². The summed E-state index contributed by atoms with van der Waals surface area (Å²) in [5, 5.41) is 11.3. The van der Waals surface area contributed by atoms with Gasteiger partial charge < -0.3 is 29.1 Å². The Morgan fingerprint density at radius 3 is 2.47 bits per heavy atom. The molecule has 192 valence electrons. The summed E-state index contributed by atoms with van der Waals surface area (Å²) >= 11 is 0. The summed E-state index contributed by atoms with van der Waals surface area (Å²) in [5.41, 5.74) is 1.22. The summed E-state index contributed by atoms with van der Waals surface area (Å²) in [7, 11) is 4.09. The Balaban J connectivity index is 1.71. The van der Waals surface area contributed by atoms with E-state index >= 15 is 0 Å². The first kappa shape index (κ1) is 25.6. The fourth-order valence-corrected chi connectivity index (χ4v) is 4.49. The van der Waals surface area contributed by atoms with Crippen molar-refractivity contribution in [3.63, 3.8) is 0 Å². The van der Waals surface area contributed by atoms with Gasteiger partial charge >= 0.3 is 0 Å². The van der Waals surface area contributed by atoms with Crippen LogP contribution in [0.2, 0.25) is 0 Å². The molecule has 2 heterocycles. The number of nitrogens with one attached hydrogen (secondary N) is 1. The first-order chi connectivity index (χ1) is 17.4. The number of nitrogens with zero attached hydrogens (tertiary/aromatic N) is 1. The van der Waals surface area contributed by atoms with Gasteiger partial charge in [0, 0.05) is 18.5 Å². The van der Waals surface area contributed by atoms with E-state index in [4.69, 9.17) is 14.2 Å². The number of hydrogen-bond acceptors (Lipinski definition) is 6. The summed E-state index contributed by atoms with van der Waals surface area (Å²) in [6.07, 6.45) is 2.74. The molecule has 8 heteroatoms. The third-order valence-corrected chi connectivity index (χ3v) is 6.39. The van der Waals surface area contributed by atoms with Crippen molar-refractivity contribution in [1.29, 1.82) is 0 Å². The molecule has 8 nitrogen and oxygen atoms in total. The van der Waals surface area contributed by atoms with Crippen LogP contribution in [-0.2, 0) is 9.59 Å². The molecule has 4 rings (SSSR count). The number of fused-ring (bicyclic) bond motifs is 1. The topological polar surface area (TPSA) is 89.7 Å². The van der Waals surface area contributed by atoms with Gasteiger partial charge in [-0.05, 0) is 42.3 Å². The number of carbonyl (C=O) groups excluding carboxylic acids is 2. The second-order valence-electron chi connectivity index (χ2n) is 9.43. The average molecular weight is 496 g/mol. The van der Waals surface area contributed by atoms with E-state index in [1.165, 1.54) is 4.90 Å². The summed E-state index contributed by atoms with van der Waals surface area (Å²) in [6, 6.07) is 11.7. The molecule has 0 spiro atoms. The van der Waals surface area contributed by atoms with Gasteiger partial charge in [0.25, 0.3) is 11.7 Å². The molecule has 1 fully saturated rings. The number of hydrogen-bond donors (Lipinski definition) is 2. The molecule has 1 amide bonds. The smallest absolute Gasteiger partial charge is 0.295 e. The van der Waals surface area contributed by atoms with E-state index < -0.39 is 17.7 Å². The summed E-state index contributed by atoms with van der Waals surface area (Å²) in [4.78, 5) is 29.2. The van der Waals surface area contributed by atoms with E-state index in [0.717, 1.165) is 37.1 Å². The van der Waals surface area contributed by atoms with Gasteiger partial charge in [-0.2, -0.15) is 0 Å². The van der Waals surface area contributed by atoms with E-state index in [-0.39, 0.29) is 11.3 Å². The number of quaternary nitrogens is 1. The Morgan fingerprint density at radius 1 is 1.06 bits per heavy atom. The maximum atomic E-state index is 13.2. The zero-order chi connectivity index (χ0) is 25.7. The lowest BCUT2D eigenvalue weighted by Crippen LogP contribution is -3.05. The zero-order valence-electron chi connectivity index (χ0n) is 21.2. The number of rotatable bonds is 10. The van der Waals surface area contributed by atoms with Crippen molar-refractivity contribution >= 4 is 17.4 Å². The Kier molecular flexibility index (Phi) is 8.15. The van der Waals surface area contributed by atoms with Crippen molar-refractivity contribution in [3.05, 3.63) is 59.2 Å². The number of ether oxygens (including phenoxy) is 3. The summed E-state index contributed by atoms with van der Waals surface area (Å²) < 4.78 is 17.0.